The van der Waals surface area contributed by atoms with Crippen molar-refractivity contribution in [3.63, 3.8) is 0 Å². The fraction of sp³-hybridized carbons (Fsp3) is 0.524. The third kappa shape index (κ3) is 6.86. The van der Waals surface area contributed by atoms with E-state index in [-0.39, 0.29) is 22.0 Å². The molecule has 10 atom stereocenters. The first kappa shape index (κ1) is 32.9. The minimum absolute atomic E-state index is 0.0585. The molecule has 0 aromatic carbocycles. The van der Waals surface area contributed by atoms with Gasteiger partial charge in [-0.05, 0) is 6.42 Å². The van der Waals surface area contributed by atoms with Crippen LogP contribution in [0.5, 0.6) is 0 Å². The van der Waals surface area contributed by atoms with E-state index >= 15 is 0 Å². The Kier molecular flexibility index (Phi) is 9.53. The molecule has 5 rings (SSSR count). The quantitative estimate of drug-likeness (QED) is 0.0950. The Hall–Kier alpha value is -2.46. The fourth-order valence-corrected chi connectivity index (χ4v) is 6.91. The van der Waals surface area contributed by atoms with Gasteiger partial charge in [-0.15, -0.1) is 0 Å². The third-order valence-electron chi connectivity index (χ3n) is 6.88. The summed E-state index contributed by atoms with van der Waals surface area (Å²) < 4.78 is 51.0. The number of allylic oxidation sites excluding steroid dienone is 1. The molecule has 0 saturated carbocycles. The summed E-state index contributed by atoms with van der Waals surface area (Å²) in [6.45, 7) is -1.73. The summed E-state index contributed by atoms with van der Waals surface area (Å²) in [4.78, 5) is 33.5. The van der Waals surface area contributed by atoms with Crippen LogP contribution in [0.25, 0.3) is 11.2 Å². The summed E-state index contributed by atoms with van der Waals surface area (Å²) in [7, 11) is -10.7. The standard InChI is InChI=1S/C21H29N7O13P2S/c22-17-12-19(25-7-24-17)28(8-26-12)21-16(32)14(30)11(40-21)6-38-43(35,36)41-42(33,34)37-5-10-13(29)15(31)20(39-10)27-3-1-2-9(4-27)18(23)44/h1,3-4,7-8,10-11,13-16,20-21,29-32H,2,5-6H2,(H2,23,44)(H,33,34)(H,35,36)(H2,22,24,25)/t10-,11?,13-,14-,15-,16-,20-,21-/m1/s1. The van der Waals surface area contributed by atoms with Gasteiger partial charge in [0.1, 0.15) is 53.5 Å². The molecule has 2 aromatic rings. The highest BCUT2D eigenvalue weighted by atomic mass is 32.1. The summed E-state index contributed by atoms with van der Waals surface area (Å²) in [5.74, 6) is 0.0585. The van der Waals surface area contributed by atoms with Gasteiger partial charge >= 0.3 is 15.6 Å². The zero-order chi connectivity index (χ0) is 32.0. The molecule has 3 aliphatic rings. The molecule has 3 unspecified atom stereocenters. The number of aliphatic hydroxyl groups is 4. The lowest BCUT2D eigenvalue weighted by Crippen LogP contribution is -2.40. The summed E-state index contributed by atoms with van der Waals surface area (Å²) in [6.07, 6.45) is -3.91. The van der Waals surface area contributed by atoms with E-state index < -0.39 is 77.9 Å². The molecule has 10 N–H and O–H groups in total. The topological polar surface area (TPSA) is 301 Å². The van der Waals surface area contributed by atoms with Crippen LogP contribution in [0.3, 0.4) is 0 Å². The van der Waals surface area contributed by atoms with Gasteiger partial charge in [0, 0.05) is 18.0 Å². The number of phosphoric acid groups is 2. The molecule has 2 aromatic heterocycles. The van der Waals surface area contributed by atoms with E-state index in [1.54, 1.807) is 12.3 Å². The fourth-order valence-electron chi connectivity index (χ4n) is 4.68. The molecule has 23 heteroatoms. The van der Waals surface area contributed by atoms with E-state index in [0.29, 0.717) is 12.0 Å². The number of imidazole rings is 1. The summed E-state index contributed by atoms with van der Waals surface area (Å²) in [5, 5.41) is 41.8. The summed E-state index contributed by atoms with van der Waals surface area (Å²) >= 11 is 4.95. The highest BCUT2D eigenvalue weighted by molar-refractivity contribution is 7.80. The van der Waals surface area contributed by atoms with Crippen molar-refractivity contribution >= 4 is 49.8 Å². The Morgan fingerprint density at radius 3 is 2.18 bits per heavy atom. The highest BCUT2D eigenvalue weighted by Crippen LogP contribution is 2.60. The molecule has 0 radical (unpaired) electrons. The molecule has 0 bridgehead atoms. The van der Waals surface area contributed by atoms with Gasteiger partial charge < -0.3 is 56.1 Å². The lowest BCUT2D eigenvalue weighted by atomic mass is 10.1. The van der Waals surface area contributed by atoms with Gasteiger partial charge in [-0.3, -0.25) is 13.6 Å². The Morgan fingerprint density at radius 1 is 0.977 bits per heavy atom. The van der Waals surface area contributed by atoms with E-state index in [2.05, 4.69) is 19.3 Å². The van der Waals surface area contributed by atoms with E-state index in [4.69, 9.17) is 42.2 Å². The number of aromatic nitrogens is 4. The summed E-state index contributed by atoms with van der Waals surface area (Å²) in [6, 6.07) is 0. The van der Waals surface area contributed by atoms with Gasteiger partial charge in [-0.1, -0.05) is 18.3 Å². The van der Waals surface area contributed by atoms with E-state index in [1.807, 2.05) is 0 Å². The van der Waals surface area contributed by atoms with Crippen molar-refractivity contribution in [2.75, 3.05) is 18.9 Å². The normalized spacial score (nSPS) is 33.3. The number of rotatable bonds is 11. The molecule has 0 spiro atoms. The minimum atomic E-state index is -5.35. The number of nitrogens with two attached hydrogens (primary N) is 2. The van der Waals surface area contributed by atoms with Crippen molar-refractivity contribution in [1.82, 2.24) is 24.4 Å². The predicted octanol–water partition coefficient (Wildman–Crippen LogP) is -1.89. The van der Waals surface area contributed by atoms with Crippen LogP contribution in [-0.4, -0.2) is 116 Å². The average Bonchev–Trinajstić information content (AvgIpc) is 3.61. The van der Waals surface area contributed by atoms with Crippen molar-refractivity contribution in [2.45, 2.75) is 55.5 Å². The lowest BCUT2D eigenvalue weighted by Gasteiger charge is -2.29. The Labute approximate surface area is 253 Å². The molecule has 242 valence electrons. The molecule has 2 saturated heterocycles. The number of hydrogen-bond donors (Lipinski definition) is 8. The number of ether oxygens (including phenoxy) is 2. The number of nitrogen functional groups attached to an aromatic ring is 1. The number of anilines is 1. The number of aliphatic hydroxyl groups excluding tert-OH is 4. The van der Waals surface area contributed by atoms with Gasteiger partial charge in [0.25, 0.3) is 0 Å². The molecular weight excluding hydrogens is 652 g/mol. The zero-order valence-corrected chi connectivity index (χ0v) is 25.0. The Morgan fingerprint density at radius 2 is 1.57 bits per heavy atom. The number of hydrogen-bond acceptors (Lipinski definition) is 17. The second kappa shape index (κ2) is 12.7. The molecule has 44 heavy (non-hydrogen) atoms. The molecule has 5 heterocycles. The van der Waals surface area contributed by atoms with Crippen LogP contribution in [0.2, 0.25) is 0 Å². The van der Waals surface area contributed by atoms with Crippen LogP contribution in [0.4, 0.5) is 5.82 Å². The zero-order valence-electron chi connectivity index (χ0n) is 22.4. The molecule has 0 aliphatic carbocycles. The maximum Gasteiger partial charge on any atom is 0.481 e. The Balaban J connectivity index is 1.15. The average molecular weight is 682 g/mol. The Bertz CT molecular complexity index is 1560. The first-order valence-electron chi connectivity index (χ1n) is 12.7. The lowest BCUT2D eigenvalue weighted by molar-refractivity contribution is -0.0651. The highest BCUT2D eigenvalue weighted by Gasteiger charge is 2.48. The van der Waals surface area contributed by atoms with Gasteiger partial charge in [0.2, 0.25) is 0 Å². The second-order valence-electron chi connectivity index (χ2n) is 9.84. The smallest absolute Gasteiger partial charge is 0.390 e. The molecular formula is C21H29N7O13P2S. The van der Waals surface area contributed by atoms with Crippen LogP contribution < -0.4 is 11.5 Å². The van der Waals surface area contributed by atoms with Gasteiger partial charge in [-0.2, -0.15) is 4.31 Å². The van der Waals surface area contributed by atoms with E-state index in [1.165, 1.54) is 22.0 Å². The van der Waals surface area contributed by atoms with E-state index in [9.17, 15) is 39.3 Å². The molecule has 0 amide bonds. The monoisotopic (exact) mass is 681 g/mol. The van der Waals surface area contributed by atoms with Crippen molar-refractivity contribution in [1.29, 1.82) is 0 Å². The largest absolute Gasteiger partial charge is 0.481 e. The van der Waals surface area contributed by atoms with Gasteiger partial charge in [0.05, 0.1) is 19.5 Å². The summed E-state index contributed by atoms with van der Waals surface area (Å²) in [5.41, 5.74) is 12.3. The maximum atomic E-state index is 12.4. The van der Waals surface area contributed by atoms with Crippen molar-refractivity contribution < 1.29 is 62.2 Å². The SMILES string of the molecule is NC(=S)C1=CN([C@@H]2O[C@H](COP(=O)(O)OP(=O)(O)OCC3O[C@@H](n4cnc5c(N)ncnc54)[C@H](O)[C@@H]3O)[C@@H](O)[C@H]2O)C=CC1. The third-order valence-corrected chi connectivity index (χ3v) is 9.74. The minimum Gasteiger partial charge on any atom is -0.390 e. The van der Waals surface area contributed by atoms with Gasteiger partial charge in [0.15, 0.2) is 23.9 Å². The number of thiocarbonyl (C=S) groups is 1. The molecule has 3 aliphatic heterocycles. The number of nitrogens with zero attached hydrogens (tertiary/aromatic N) is 5. The first-order valence-corrected chi connectivity index (χ1v) is 16.1. The van der Waals surface area contributed by atoms with Crippen molar-refractivity contribution in [3.05, 3.63) is 36.7 Å². The van der Waals surface area contributed by atoms with Crippen LogP contribution >= 0.6 is 27.9 Å². The number of fused-ring (bicyclic) bond motifs is 1. The van der Waals surface area contributed by atoms with Crippen LogP contribution in [-0.2, 0) is 32.0 Å². The first-order chi connectivity index (χ1) is 20.7. The second-order valence-corrected chi connectivity index (χ2v) is 13.3. The van der Waals surface area contributed by atoms with Crippen LogP contribution in [0.15, 0.2) is 36.7 Å². The molecule has 20 nitrogen and oxygen atoms in total. The predicted molar refractivity (Wildman–Crippen MR) is 149 cm³/mol. The van der Waals surface area contributed by atoms with Gasteiger partial charge in [-0.25, -0.2) is 24.1 Å². The van der Waals surface area contributed by atoms with Crippen molar-refractivity contribution in [2.24, 2.45) is 5.73 Å². The van der Waals surface area contributed by atoms with Crippen molar-refractivity contribution in [3.8, 4) is 0 Å². The van der Waals surface area contributed by atoms with Crippen LogP contribution in [0.1, 0.15) is 12.6 Å². The molecule has 2 fully saturated rings. The van der Waals surface area contributed by atoms with Crippen LogP contribution in [0, 0.1) is 0 Å². The maximum absolute atomic E-state index is 12.4. The number of phosphoric ester groups is 2. The van der Waals surface area contributed by atoms with E-state index in [0.717, 1.165) is 6.33 Å².